The lowest BCUT2D eigenvalue weighted by atomic mass is 9.92. The highest BCUT2D eigenvalue weighted by Gasteiger charge is 2.31. The molecule has 3 aromatic rings. The second-order valence-corrected chi connectivity index (χ2v) is 8.53. The van der Waals surface area contributed by atoms with Crippen molar-refractivity contribution >= 4 is 11.7 Å². The summed E-state index contributed by atoms with van der Waals surface area (Å²) in [6.45, 7) is 6.06. The van der Waals surface area contributed by atoms with Gasteiger partial charge in [-0.3, -0.25) is 4.79 Å². The second kappa shape index (κ2) is 8.46. The maximum absolute atomic E-state index is 14.7. The van der Waals surface area contributed by atoms with Crippen LogP contribution < -0.4 is 5.32 Å². The molecule has 1 fully saturated rings. The van der Waals surface area contributed by atoms with Crippen LogP contribution in [0.15, 0.2) is 60.8 Å². The molecule has 1 aromatic heterocycles. The largest absolute Gasteiger partial charge is 0.365 e. The van der Waals surface area contributed by atoms with Crippen LogP contribution in [0.2, 0.25) is 0 Å². The molecule has 1 saturated heterocycles. The highest BCUT2D eigenvalue weighted by molar-refractivity contribution is 5.96. The Morgan fingerprint density at radius 1 is 1.16 bits per heavy atom. The Balaban J connectivity index is 1.47. The fourth-order valence-electron chi connectivity index (χ4n) is 3.96. The van der Waals surface area contributed by atoms with Crippen molar-refractivity contribution in [3.63, 3.8) is 0 Å². The zero-order chi connectivity index (χ0) is 22.0. The van der Waals surface area contributed by atoms with Crippen molar-refractivity contribution in [2.24, 2.45) is 0 Å². The molecule has 0 aliphatic carbocycles. The van der Waals surface area contributed by atoms with Crippen LogP contribution in [-0.2, 0) is 5.67 Å². The molecule has 4 rings (SSSR count). The quantitative estimate of drug-likeness (QED) is 0.635. The lowest BCUT2D eigenvalue weighted by Gasteiger charge is -2.23. The van der Waals surface area contributed by atoms with E-state index in [-0.39, 0.29) is 11.9 Å². The van der Waals surface area contributed by atoms with Crippen LogP contribution in [0.4, 0.5) is 10.2 Å². The molecule has 160 valence electrons. The van der Waals surface area contributed by atoms with Gasteiger partial charge < -0.3 is 10.2 Å². The van der Waals surface area contributed by atoms with E-state index in [0.29, 0.717) is 30.0 Å². The summed E-state index contributed by atoms with van der Waals surface area (Å²) < 4.78 is 14.7. The van der Waals surface area contributed by atoms with E-state index < -0.39 is 5.67 Å². The molecule has 0 spiro atoms. The minimum absolute atomic E-state index is 0.0779. The Hall–Kier alpha value is -3.28. The summed E-state index contributed by atoms with van der Waals surface area (Å²) >= 11 is 0. The number of carbonyl (C=O) groups is 1. The van der Waals surface area contributed by atoms with Crippen LogP contribution in [-0.4, -0.2) is 39.9 Å². The molecule has 1 amide bonds. The van der Waals surface area contributed by atoms with Crippen molar-refractivity contribution < 1.29 is 9.18 Å². The van der Waals surface area contributed by atoms with E-state index >= 15 is 0 Å². The third-order valence-corrected chi connectivity index (χ3v) is 5.56. The number of rotatable bonds is 5. The molecule has 0 bridgehead atoms. The Kier molecular flexibility index (Phi) is 5.72. The number of aryl methyl sites for hydroxylation is 1. The van der Waals surface area contributed by atoms with Gasteiger partial charge in [-0.25, -0.2) is 14.4 Å². The predicted molar refractivity (Wildman–Crippen MR) is 121 cm³/mol. The summed E-state index contributed by atoms with van der Waals surface area (Å²) in [5, 5.41) is 3.42. The fraction of sp³-hybridized carbons (Fsp3) is 0.320. The Bertz CT molecular complexity index is 1080. The summed E-state index contributed by atoms with van der Waals surface area (Å²) in [7, 11) is 0. The normalized spacial score (nSPS) is 16.4. The van der Waals surface area contributed by atoms with Crippen LogP contribution in [0.3, 0.4) is 0 Å². The minimum atomic E-state index is -1.58. The van der Waals surface area contributed by atoms with E-state index in [4.69, 9.17) is 0 Å². The monoisotopic (exact) mass is 418 g/mol. The molecule has 0 unspecified atom stereocenters. The lowest BCUT2D eigenvalue weighted by Crippen LogP contribution is -2.33. The number of likely N-dealkylation sites (tertiary alicyclic amines) is 1. The number of nitrogens with zero attached hydrogens (tertiary/aromatic N) is 3. The SMILES string of the molecule is Cc1ccc(C(C)(C)F)c(C(=O)N2CC[C@@H](Nc3ccnc(-c4ccccc4)n3)C2)c1. The highest BCUT2D eigenvalue weighted by atomic mass is 19.1. The molecule has 2 heterocycles. The molecule has 2 aromatic carbocycles. The van der Waals surface area contributed by atoms with Crippen LogP contribution >= 0.6 is 0 Å². The van der Waals surface area contributed by atoms with Crippen molar-refractivity contribution in [1.82, 2.24) is 14.9 Å². The highest BCUT2D eigenvalue weighted by Crippen LogP contribution is 2.30. The zero-order valence-corrected chi connectivity index (χ0v) is 18.1. The molecule has 0 saturated carbocycles. The Labute approximate surface area is 182 Å². The molecule has 0 radical (unpaired) electrons. The van der Waals surface area contributed by atoms with E-state index in [0.717, 1.165) is 23.4 Å². The first-order valence-electron chi connectivity index (χ1n) is 10.6. The maximum atomic E-state index is 14.7. The Morgan fingerprint density at radius 3 is 2.68 bits per heavy atom. The molecule has 1 aliphatic rings. The van der Waals surface area contributed by atoms with E-state index in [1.807, 2.05) is 49.4 Å². The van der Waals surface area contributed by atoms with E-state index in [1.54, 1.807) is 23.2 Å². The molecule has 1 atom stereocenters. The van der Waals surface area contributed by atoms with Crippen molar-refractivity contribution in [1.29, 1.82) is 0 Å². The third kappa shape index (κ3) is 4.74. The van der Waals surface area contributed by atoms with Gasteiger partial charge in [-0.15, -0.1) is 0 Å². The number of amides is 1. The van der Waals surface area contributed by atoms with Crippen LogP contribution in [0, 0.1) is 6.92 Å². The van der Waals surface area contributed by atoms with E-state index in [2.05, 4.69) is 15.3 Å². The molecular weight excluding hydrogens is 391 g/mol. The van der Waals surface area contributed by atoms with Crippen LogP contribution in [0.25, 0.3) is 11.4 Å². The number of hydrogen-bond acceptors (Lipinski definition) is 4. The third-order valence-electron chi connectivity index (χ3n) is 5.56. The van der Waals surface area contributed by atoms with Crippen LogP contribution in [0.5, 0.6) is 0 Å². The maximum Gasteiger partial charge on any atom is 0.254 e. The molecule has 1 N–H and O–H groups in total. The summed E-state index contributed by atoms with van der Waals surface area (Å²) in [4.78, 5) is 24.0. The average molecular weight is 419 g/mol. The second-order valence-electron chi connectivity index (χ2n) is 8.53. The van der Waals surface area contributed by atoms with Gasteiger partial charge in [0.2, 0.25) is 0 Å². The summed E-state index contributed by atoms with van der Waals surface area (Å²) in [5.41, 5.74) is 1.20. The number of aromatic nitrogens is 2. The first-order chi connectivity index (χ1) is 14.8. The van der Waals surface area contributed by atoms with Gasteiger partial charge in [-0.2, -0.15) is 0 Å². The van der Waals surface area contributed by atoms with Gasteiger partial charge in [-0.1, -0.05) is 48.0 Å². The van der Waals surface area contributed by atoms with Crippen molar-refractivity contribution in [3.8, 4) is 11.4 Å². The lowest BCUT2D eigenvalue weighted by molar-refractivity contribution is 0.0784. The smallest absolute Gasteiger partial charge is 0.254 e. The first kappa shape index (κ1) is 21.0. The minimum Gasteiger partial charge on any atom is -0.365 e. The number of halogens is 1. The molecule has 5 nitrogen and oxygen atoms in total. The van der Waals surface area contributed by atoms with Crippen molar-refractivity contribution in [2.45, 2.75) is 38.9 Å². The van der Waals surface area contributed by atoms with Crippen molar-refractivity contribution in [2.75, 3.05) is 18.4 Å². The Morgan fingerprint density at radius 2 is 1.94 bits per heavy atom. The van der Waals surface area contributed by atoms with Gasteiger partial charge in [0.15, 0.2) is 5.82 Å². The summed E-state index contributed by atoms with van der Waals surface area (Å²) in [6, 6.07) is 17.1. The first-order valence-corrected chi connectivity index (χ1v) is 10.6. The standard InChI is InChI=1S/C25H27FN4O/c1-17-9-10-21(25(2,3)26)20(15-17)24(31)30-14-12-19(16-30)28-22-11-13-27-23(29-22)18-7-5-4-6-8-18/h4-11,13,15,19H,12,14,16H2,1-3H3,(H,27,28,29)/t19-/m1/s1. The van der Waals surface area contributed by atoms with Gasteiger partial charge >= 0.3 is 0 Å². The number of anilines is 1. The average Bonchev–Trinajstić information content (AvgIpc) is 3.21. The number of benzene rings is 2. The van der Waals surface area contributed by atoms with Crippen LogP contribution in [0.1, 0.15) is 41.8 Å². The number of carbonyl (C=O) groups excluding carboxylic acids is 1. The van der Waals surface area contributed by atoms with Gasteiger partial charge in [0.1, 0.15) is 11.5 Å². The van der Waals surface area contributed by atoms with Gasteiger partial charge in [0.25, 0.3) is 5.91 Å². The number of hydrogen-bond donors (Lipinski definition) is 1. The van der Waals surface area contributed by atoms with Gasteiger partial charge in [-0.05, 0) is 39.3 Å². The number of alkyl halides is 1. The van der Waals surface area contributed by atoms with E-state index in [9.17, 15) is 9.18 Å². The topological polar surface area (TPSA) is 58.1 Å². The molecule has 1 aliphatic heterocycles. The van der Waals surface area contributed by atoms with Crippen molar-refractivity contribution in [3.05, 3.63) is 77.5 Å². The van der Waals surface area contributed by atoms with Gasteiger partial charge in [0.05, 0.1) is 0 Å². The predicted octanol–water partition coefficient (Wildman–Crippen LogP) is 4.98. The molecule has 6 heteroatoms. The molecular formula is C25H27FN4O. The number of nitrogens with one attached hydrogen (secondary N) is 1. The zero-order valence-electron chi connectivity index (χ0n) is 18.1. The molecule has 31 heavy (non-hydrogen) atoms. The fourth-order valence-corrected chi connectivity index (χ4v) is 3.96. The summed E-state index contributed by atoms with van der Waals surface area (Å²) in [5.74, 6) is 1.27. The summed E-state index contributed by atoms with van der Waals surface area (Å²) in [6.07, 6.45) is 2.54. The van der Waals surface area contributed by atoms with Gasteiger partial charge in [0, 0.05) is 42.0 Å². The van der Waals surface area contributed by atoms with E-state index in [1.165, 1.54) is 13.8 Å².